The van der Waals surface area contributed by atoms with E-state index in [1.165, 1.54) is 12.1 Å². The van der Waals surface area contributed by atoms with E-state index in [1.807, 2.05) is 25.3 Å². The predicted molar refractivity (Wildman–Crippen MR) is 121 cm³/mol. The second kappa shape index (κ2) is 10.6. The second-order valence-electron chi connectivity index (χ2n) is 6.91. The van der Waals surface area contributed by atoms with Gasteiger partial charge in [-0.2, -0.15) is 0 Å². The minimum atomic E-state index is -0.243. The Balaban J connectivity index is 1.67. The molecule has 0 bridgehead atoms. The number of hydrogen-bond acceptors (Lipinski definition) is 4. The molecular weight excluding hydrogens is 399 g/mol. The summed E-state index contributed by atoms with van der Waals surface area (Å²) < 4.78 is 29.6. The van der Waals surface area contributed by atoms with Crippen LogP contribution in [0.15, 0.2) is 41.5 Å². The largest absolute Gasteiger partial charge is 0.493 e. The molecule has 0 saturated heterocycles. The number of nitrogens with one attached hydrogen (secondary N) is 3. The van der Waals surface area contributed by atoms with Crippen molar-refractivity contribution in [3.05, 3.63) is 53.5 Å². The molecule has 166 valence electrons. The average molecular weight is 429 g/mol. The van der Waals surface area contributed by atoms with Gasteiger partial charge in [0.25, 0.3) is 0 Å². The number of fused-ring (bicyclic) bond motifs is 1. The van der Waals surface area contributed by atoms with Crippen LogP contribution in [-0.2, 0) is 13.0 Å². The van der Waals surface area contributed by atoms with Crippen LogP contribution in [0.3, 0.4) is 0 Å². The van der Waals surface area contributed by atoms with E-state index in [9.17, 15) is 4.39 Å². The highest BCUT2D eigenvalue weighted by Gasteiger charge is 2.13. The van der Waals surface area contributed by atoms with Crippen LogP contribution in [0.2, 0.25) is 0 Å². The summed E-state index contributed by atoms with van der Waals surface area (Å²) in [4.78, 5) is 7.79. The van der Waals surface area contributed by atoms with E-state index >= 15 is 0 Å². The number of aromatic amines is 1. The first-order valence-electron chi connectivity index (χ1n) is 10.2. The average Bonchev–Trinajstić information content (AvgIpc) is 3.18. The number of rotatable bonds is 9. The van der Waals surface area contributed by atoms with E-state index in [4.69, 9.17) is 14.2 Å². The number of aromatic nitrogens is 1. The molecule has 31 heavy (non-hydrogen) atoms. The first kappa shape index (κ1) is 22.3. The molecule has 1 aromatic heterocycles. The molecule has 0 atom stereocenters. The molecule has 0 unspecified atom stereocenters. The lowest BCUT2D eigenvalue weighted by molar-refractivity contribution is 0.324. The maximum absolute atomic E-state index is 13.4. The lowest BCUT2D eigenvalue weighted by atomic mass is 10.1. The maximum Gasteiger partial charge on any atom is 0.203 e. The zero-order chi connectivity index (χ0) is 22.2. The van der Waals surface area contributed by atoms with Gasteiger partial charge < -0.3 is 29.8 Å². The Labute approximate surface area is 181 Å². The third kappa shape index (κ3) is 5.39. The summed E-state index contributed by atoms with van der Waals surface area (Å²) in [6, 6.07) is 8.57. The summed E-state index contributed by atoms with van der Waals surface area (Å²) in [7, 11) is 4.76. The van der Waals surface area contributed by atoms with Gasteiger partial charge in [-0.3, -0.25) is 0 Å². The number of hydrogen-bond donors (Lipinski definition) is 3. The molecule has 0 aliphatic rings. The van der Waals surface area contributed by atoms with Crippen LogP contribution in [0.4, 0.5) is 4.39 Å². The second-order valence-corrected chi connectivity index (χ2v) is 6.91. The van der Waals surface area contributed by atoms with Gasteiger partial charge in [-0.15, -0.1) is 0 Å². The van der Waals surface area contributed by atoms with Gasteiger partial charge in [0.2, 0.25) is 5.75 Å². The molecule has 3 aromatic rings. The van der Waals surface area contributed by atoms with Gasteiger partial charge in [0.15, 0.2) is 17.5 Å². The monoisotopic (exact) mass is 428 g/mol. The van der Waals surface area contributed by atoms with Crippen molar-refractivity contribution >= 4 is 16.9 Å². The maximum atomic E-state index is 13.4. The summed E-state index contributed by atoms with van der Waals surface area (Å²) in [5.74, 6) is 2.22. The minimum absolute atomic E-state index is 0.243. The fourth-order valence-corrected chi connectivity index (χ4v) is 3.42. The van der Waals surface area contributed by atoms with Gasteiger partial charge >= 0.3 is 0 Å². The van der Waals surface area contributed by atoms with Crippen molar-refractivity contribution in [2.75, 3.05) is 34.4 Å². The number of halogens is 1. The van der Waals surface area contributed by atoms with Crippen molar-refractivity contribution < 1.29 is 18.6 Å². The Morgan fingerprint density at radius 2 is 1.77 bits per heavy atom. The van der Waals surface area contributed by atoms with Gasteiger partial charge in [0.1, 0.15) is 5.82 Å². The fourth-order valence-electron chi connectivity index (χ4n) is 3.42. The predicted octanol–water partition coefficient (Wildman–Crippen LogP) is 3.63. The summed E-state index contributed by atoms with van der Waals surface area (Å²) >= 11 is 0. The summed E-state index contributed by atoms with van der Waals surface area (Å²) in [6.45, 7) is 3.89. The van der Waals surface area contributed by atoms with E-state index in [-0.39, 0.29) is 5.82 Å². The molecule has 0 saturated carbocycles. The smallest absolute Gasteiger partial charge is 0.203 e. The number of aliphatic imine (C=N–C) groups is 1. The van der Waals surface area contributed by atoms with Crippen molar-refractivity contribution in [1.29, 1.82) is 0 Å². The fraction of sp³-hybridized carbons (Fsp3) is 0.348. The molecule has 2 aromatic carbocycles. The summed E-state index contributed by atoms with van der Waals surface area (Å²) in [5.41, 5.74) is 2.87. The first-order valence-corrected chi connectivity index (χ1v) is 10.2. The molecule has 0 aliphatic heterocycles. The van der Waals surface area contributed by atoms with Crippen molar-refractivity contribution in [2.24, 2.45) is 4.99 Å². The molecule has 0 fully saturated rings. The van der Waals surface area contributed by atoms with Gasteiger partial charge in [-0.05, 0) is 54.8 Å². The third-order valence-corrected chi connectivity index (χ3v) is 4.90. The third-order valence-electron chi connectivity index (χ3n) is 4.90. The molecule has 0 radical (unpaired) electrons. The molecule has 3 rings (SSSR count). The Morgan fingerprint density at radius 1 is 1.03 bits per heavy atom. The molecule has 0 aliphatic carbocycles. The quantitative estimate of drug-likeness (QED) is 0.358. The zero-order valence-electron chi connectivity index (χ0n) is 18.3. The Bertz CT molecular complexity index is 1020. The van der Waals surface area contributed by atoms with Crippen molar-refractivity contribution in [3.63, 3.8) is 0 Å². The van der Waals surface area contributed by atoms with Gasteiger partial charge in [-0.25, -0.2) is 9.38 Å². The van der Waals surface area contributed by atoms with Crippen LogP contribution in [0.5, 0.6) is 17.2 Å². The lowest BCUT2D eigenvalue weighted by Crippen LogP contribution is -2.38. The Kier molecular flexibility index (Phi) is 7.59. The summed E-state index contributed by atoms with van der Waals surface area (Å²) in [5, 5.41) is 7.63. The molecule has 7 nitrogen and oxygen atoms in total. The molecule has 1 heterocycles. The molecular formula is C23H29FN4O3. The highest BCUT2D eigenvalue weighted by atomic mass is 19.1. The number of ether oxygens (including phenoxy) is 3. The van der Waals surface area contributed by atoms with E-state index in [2.05, 4.69) is 20.6 Å². The van der Waals surface area contributed by atoms with Gasteiger partial charge in [0.05, 0.1) is 27.9 Å². The van der Waals surface area contributed by atoms with E-state index in [1.54, 1.807) is 27.4 Å². The summed E-state index contributed by atoms with van der Waals surface area (Å²) in [6.07, 6.45) is 2.70. The van der Waals surface area contributed by atoms with Crippen molar-refractivity contribution in [2.45, 2.75) is 19.9 Å². The van der Waals surface area contributed by atoms with E-state index in [0.29, 0.717) is 36.3 Å². The highest BCUT2D eigenvalue weighted by Crippen LogP contribution is 2.38. The SMILES string of the molecule is CCNC(=NCc1cc(OC)c(OC)c(OC)c1)NCCc1c[nH]c2cc(F)ccc12. The topological polar surface area (TPSA) is 79.9 Å². The van der Waals surface area contributed by atoms with E-state index in [0.717, 1.165) is 35.0 Å². The zero-order valence-corrected chi connectivity index (χ0v) is 18.3. The van der Waals surface area contributed by atoms with Gasteiger partial charge in [0, 0.05) is 30.2 Å². The number of guanidine groups is 1. The Morgan fingerprint density at radius 3 is 2.42 bits per heavy atom. The normalized spacial score (nSPS) is 11.5. The first-order chi connectivity index (χ1) is 15.1. The minimum Gasteiger partial charge on any atom is -0.493 e. The van der Waals surface area contributed by atoms with Crippen LogP contribution >= 0.6 is 0 Å². The standard InChI is InChI=1S/C23H29FN4O3/c1-5-25-23(26-9-8-16-14-27-19-12-17(24)6-7-18(16)19)28-13-15-10-20(29-2)22(31-4)21(11-15)30-3/h6-7,10-12,14,27H,5,8-9,13H2,1-4H3,(H2,25,26,28). The number of methoxy groups -OCH3 is 3. The van der Waals surface area contributed by atoms with Gasteiger partial charge in [-0.1, -0.05) is 0 Å². The molecule has 3 N–H and O–H groups in total. The molecule has 8 heteroatoms. The van der Waals surface area contributed by atoms with Crippen LogP contribution in [-0.4, -0.2) is 45.4 Å². The van der Waals surface area contributed by atoms with E-state index < -0.39 is 0 Å². The van der Waals surface area contributed by atoms with Crippen LogP contribution in [0, 0.1) is 5.82 Å². The van der Waals surface area contributed by atoms with Crippen molar-refractivity contribution in [3.8, 4) is 17.2 Å². The number of benzene rings is 2. The van der Waals surface area contributed by atoms with Crippen molar-refractivity contribution in [1.82, 2.24) is 15.6 Å². The Hall–Kier alpha value is -3.42. The molecule has 0 amide bonds. The number of nitrogens with zero attached hydrogens (tertiary/aromatic N) is 1. The molecule has 0 spiro atoms. The number of H-pyrrole nitrogens is 1. The van der Waals surface area contributed by atoms with Crippen LogP contribution in [0.1, 0.15) is 18.1 Å². The van der Waals surface area contributed by atoms with Crippen LogP contribution < -0.4 is 24.8 Å². The lowest BCUT2D eigenvalue weighted by Gasteiger charge is -2.14. The highest BCUT2D eigenvalue weighted by molar-refractivity contribution is 5.83. The van der Waals surface area contributed by atoms with Crippen LogP contribution in [0.25, 0.3) is 10.9 Å².